The lowest BCUT2D eigenvalue weighted by atomic mass is 10.1. The topological polar surface area (TPSA) is 33.2 Å². The Kier molecular flexibility index (Phi) is 5.49. The van der Waals surface area contributed by atoms with E-state index in [1.807, 2.05) is 73.7 Å². The van der Waals surface area contributed by atoms with Crippen molar-refractivity contribution < 1.29 is 4.79 Å². The summed E-state index contributed by atoms with van der Waals surface area (Å²) in [6, 6.07) is 21.1. The Bertz CT molecular complexity index is 1120. The van der Waals surface area contributed by atoms with Crippen LogP contribution in [0.5, 0.6) is 0 Å². The number of carbonyl (C=O) groups is 1. The van der Waals surface area contributed by atoms with Gasteiger partial charge in [0.2, 0.25) is 0 Å². The fourth-order valence-corrected chi connectivity index (χ4v) is 4.69. The second-order valence-electron chi connectivity index (χ2n) is 6.43. The quantitative estimate of drug-likeness (QED) is 0.325. The van der Waals surface area contributed by atoms with Crippen molar-refractivity contribution in [2.24, 2.45) is 0 Å². The summed E-state index contributed by atoms with van der Waals surface area (Å²) >= 11 is 11.3. The van der Waals surface area contributed by atoms with Gasteiger partial charge in [-0.3, -0.25) is 9.69 Å². The van der Waals surface area contributed by atoms with Gasteiger partial charge in [-0.1, -0.05) is 81.3 Å². The average molecular weight is 472 g/mol. The highest BCUT2D eigenvalue weighted by atomic mass is 79.9. The van der Waals surface area contributed by atoms with Crippen molar-refractivity contribution in [3.63, 3.8) is 0 Å². The second kappa shape index (κ2) is 8.03. The molecule has 6 heteroatoms. The van der Waals surface area contributed by atoms with E-state index < -0.39 is 0 Å². The zero-order valence-corrected chi connectivity index (χ0v) is 18.2. The number of carbonyl (C=O) groups excluding carboxylic acids is 1. The van der Waals surface area contributed by atoms with Gasteiger partial charge in [0.25, 0.3) is 5.91 Å². The standard InChI is InChI=1S/C22H16BrClN2OS/c1-14-10-11-18(24)20-19(14)25-22(28-20)26(13-15-6-3-2-4-7-15)21(27)16-8-5-9-17(23)12-16/h2-12H,13H2,1H3. The van der Waals surface area contributed by atoms with E-state index in [0.29, 0.717) is 22.3 Å². The molecule has 0 aliphatic carbocycles. The largest absolute Gasteiger partial charge is 0.279 e. The summed E-state index contributed by atoms with van der Waals surface area (Å²) in [5, 5.41) is 1.29. The number of nitrogens with zero attached hydrogens (tertiary/aromatic N) is 2. The van der Waals surface area contributed by atoms with Gasteiger partial charge >= 0.3 is 0 Å². The molecule has 4 aromatic rings. The molecule has 0 N–H and O–H groups in total. The highest BCUT2D eigenvalue weighted by molar-refractivity contribution is 9.10. The summed E-state index contributed by atoms with van der Waals surface area (Å²) in [6.45, 7) is 2.43. The first-order valence-electron chi connectivity index (χ1n) is 8.70. The monoisotopic (exact) mass is 470 g/mol. The van der Waals surface area contributed by atoms with Gasteiger partial charge in [0.1, 0.15) is 0 Å². The number of anilines is 1. The third kappa shape index (κ3) is 3.83. The minimum atomic E-state index is -0.0991. The van der Waals surface area contributed by atoms with Gasteiger partial charge in [-0.25, -0.2) is 4.98 Å². The lowest BCUT2D eigenvalue weighted by molar-refractivity contribution is 0.0985. The van der Waals surface area contributed by atoms with Crippen LogP contribution in [0.15, 0.2) is 71.2 Å². The van der Waals surface area contributed by atoms with Crippen LogP contribution in [0.3, 0.4) is 0 Å². The van der Waals surface area contributed by atoms with Gasteiger partial charge in [0, 0.05) is 10.0 Å². The first-order chi connectivity index (χ1) is 13.5. The number of aryl methyl sites for hydroxylation is 1. The molecule has 0 atom stereocenters. The average Bonchev–Trinajstić information content (AvgIpc) is 3.16. The van der Waals surface area contributed by atoms with Crippen LogP contribution in [-0.2, 0) is 6.54 Å². The van der Waals surface area contributed by atoms with E-state index in [1.54, 1.807) is 4.90 Å². The Morgan fingerprint density at radius 3 is 2.61 bits per heavy atom. The van der Waals surface area contributed by atoms with E-state index in [9.17, 15) is 4.79 Å². The molecule has 1 aromatic heterocycles. The van der Waals surface area contributed by atoms with E-state index in [1.165, 1.54) is 11.3 Å². The molecule has 0 aliphatic heterocycles. The number of halogens is 2. The molecule has 140 valence electrons. The van der Waals surface area contributed by atoms with Crippen LogP contribution >= 0.6 is 38.9 Å². The molecule has 0 unspecified atom stereocenters. The molecule has 3 aromatic carbocycles. The van der Waals surface area contributed by atoms with Gasteiger partial charge in [-0.05, 0) is 42.3 Å². The van der Waals surface area contributed by atoms with Crippen molar-refractivity contribution in [3.8, 4) is 0 Å². The highest BCUT2D eigenvalue weighted by Crippen LogP contribution is 2.36. The third-order valence-corrected chi connectivity index (χ3v) is 6.45. The summed E-state index contributed by atoms with van der Waals surface area (Å²) in [7, 11) is 0. The van der Waals surface area contributed by atoms with Gasteiger partial charge in [-0.15, -0.1) is 0 Å². The molecule has 0 aliphatic rings. The molecular formula is C22H16BrClN2OS. The first kappa shape index (κ1) is 19.1. The third-order valence-electron chi connectivity index (χ3n) is 4.42. The lowest BCUT2D eigenvalue weighted by Gasteiger charge is -2.20. The number of hydrogen-bond donors (Lipinski definition) is 0. The molecule has 0 fully saturated rings. The zero-order chi connectivity index (χ0) is 19.7. The smallest absolute Gasteiger partial charge is 0.260 e. The number of aromatic nitrogens is 1. The van der Waals surface area contributed by atoms with Crippen molar-refractivity contribution in [1.29, 1.82) is 0 Å². The minimum Gasteiger partial charge on any atom is -0.279 e. The molecule has 0 spiro atoms. The molecule has 1 amide bonds. The summed E-state index contributed by atoms with van der Waals surface area (Å²) in [5.74, 6) is -0.0991. The summed E-state index contributed by atoms with van der Waals surface area (Å²) in [4.78, 5) is 19.9. The van der Waals surface area contributed by atoms with E-state index in [4.69, 9.17) is 16.6 Å². The number of benzene rings is 3. The molecule has 0 saturated carbocycles. The molecule has 1 heterocycles. The van der Waals surface area contributed by atoms with Gasteiger partial charge in [-0.2, -0.15) is 0 Å². The summed E-state index contributed by atoms with van der Waals surface area (Å²) in [5.41, 5.74) is 3.52. The van der Waals surface area contributed by atoms with Crippen LogP contribution in [0, 0.1) is 6.92 Å². The number of fused-ring (bicyclic) bond motifs is 1. The molecule has 3 nitrogen and oxygen atoms in total. The summed E-state index contributed by atoms with van der Waals surface area (Å²) in [6.07, 6.45) is 0. The van der Waals surface area contributed by atoms with Crippen molar-refractivity contribution in [2.75, 3.05) is 4.90 Å². The van der Waals surface area contributed by atoms with Crippen molar-refractivity contribution in [3.05, 3.63) is 92.9 Å². The van der Waals surface area contributed by atoms with Crippen molar-refractivity contribution in [1.82, 2.24) is 4.98 Å². The van der Waals surface area contributed by atoms with E-state index >= 15 is 0 Å². The maximum atomic E-state index is 13.4. The number of rotatable bonds is 4. The zero-order valence-electron chi connectivity index (χ0n) is 15.0. The molecule has 0 bridgehead atoms. The summed E-state index contributed by atoms with van der Waals surface area (Å²) < 4.78 is 1.76. The highest BCUT2D eigenvalue weighted by Gasteiger charge is 2.23. The van der Waals surface area contributed by atoms with Crippen LogP contribution < -0.4 is 4.90 Å². The van der Waals surface area contributed by atoms with Crippen LogP contribution in [0.1, 0.15) is 21.5 Å². The van der Waals surface area contributed by atoms with E-state index in [-0.39, 0.29) is 5.91 Å². The lowest BCUT2D eigenvalue weighted by Crippen LogP contribution is -2.30. The van der Waals surface area contributed by atoms with Crippen LogP contribution in [-0.4, -0.2) is 10.9 Å². The number of amides is 1. The van der Waals surface area contributed by atoms with E-state index in [0.717, 1.165) is 25.8 Å². The van der Waals surface area contributed by atoms with Crippen LogP contribution in [0.2, 0.25) is 5.02 Å². The second-order valence-corrected chi connectivity index (χ2v) is 8.73. The molecular weight excluding hydrogens is 456 g/mol. The van der Waals surface area contributed by atoms with Crippen LogP contribution in [0.4, 0.5) is 5.13 Å². The fourth-order valence-electron chi connectivity index (χ4n) is 2.98. The van der Waals surface area contributed by atoms with Gasteiger partial charge < -0.3 is 0 Å². The van der Waals surface area contributed by atoms with Crippen LogP contribution in [0.25, 0.3) is 10.2 Å². The Morgan fingerprint density at radius 2 is 1.89 bits per heavy atom. The minimum absolute atomic E-state index is 0.0991. The molecule has 0 saturated heterocycles. The SMILES string of the molecule is Cc1ccc(Cl)c2sc(N(Cc3ccccc3)C(=O)c3cccc(Br)c3)nc12. The van der Waals surface area contributed by atoms with E-state index in [2.05, 4.69) is 15.9 Å². The Hall–Kier alpha value is -2.21. The first-order valence-corrected chi connectivity index (χ1v) is 10.7. The molecule has 0 radical (unpaired) electrons. The predicted molar refractivity (Wildman–Crippen MR) is 120 cm³/mol. The van der Waals surface area contributed by atoms with Crippen molar-refractivity contribution >= 4 is 60.1 Å². The molecule has 4 rings (SSSR count). The Balaban J connectivity index is 1.82. The number of hydrogen-bond acceptors (Lipinski definition) is 3. The van der Waals surface area contributed by atoms with Crippen molar-refractivity contribution in [2.45, 2.75) is 13.5 Å². The fraction of sp³-hybridized carbons (Fsp3) is 0.0909. The maximum absolute atomic E-state index is 13.4. The Labute approximate surface area is 180 Å². The molecule has 28 heavy (non-hydrogen) atoms. The predicted octanol–water partition coefficient (Wildman–Crippen LogP) is 6.87. The van der Waals surface area contributed by atoms with Gasteiger partial charge in [0.15, 0.2) is 5.13 Å². The number of thiazole rings is 1. The van der Waals surface area contributed by atoms with Gasteiger partial charge in [0.05, 0.1) is 21.8 Å². The normalized spacial score (nSPS) is 11.0. The Morgan fingerprint density at radius 1 is 1.11 bits per heavy atom. The maximum Gasteiger partial charge on any atom is 0.260 e.